The van der Waals surface area contributed by atoms with Gasteiger partial charge in [-0.05, 0) is 93.7 Å². The van der Waals surface area contributed by atoms with Crippen molar-refractivity contribution < 1.29 is 14.3 Å². The van der Waals surface area contributed by atoms with Crippen LogP contribution in [0.5, 0.6) is 5.75 Å². The van der Waals surface area contributed by atoms with E-state index < -0.39 is 0 Å². The molecule has 0 heterocycles. The Kier molecular flexibility index (Phi) is 7.37. The van der Waals surface area contributed by atoms with Gasteiger partial charge >= 0.3 is 5.97 Å². The van der Waals surface area contributed by atoms with E-state index in [4.69, 9.17) is 9.47 Å². The van der Waals surface area contributed by atoms with Crippen LogP contribution < -0.4 is 4.74 Å². The van der Waals surface area contributed by atoms with Crippen LogP contribution in [0, 0.1) is 11.8 Å². The molecule has 27 heavy (non-hydrogen) atoms. The lowest BCUT2D eigenvalue weighted by atomic mass is 9.69. The molecular formula is C24H34O3. The molecule has 0 radical (unpaired) electrons. The average molecular weight is 371 g/mol. The Hall–Kier alpha value is -1.77. The van der Waals surface area contributed by atoms with Gasteiger partial charge < -0.3 is 9.47 Å². The zero-order valence-corrected chi connectivity index (χ0v) is 16.7. The predicted octanol–water partition coefficient (Wildman–Crippen LogP) is 6.04. The van der Waals surface area contributed by atoms with Crippen LogP contribution in [-0.2, 0) is 9.53 Å². The largest absolute Gasteiger partial charge is 0.494 e. The molecule has 0 spiro atoms. The average Bonchev–Trinajstić information content (AvgIpc) is 2.70. The first-order valence-electron chi connectivity index (χ1n) is 10.7. The second kappa shape index (κ2) is 9.96. The van der Waals surface area contributed by atoms with Crippen molar-refractivity contribution in [1.82, 2.24) is 0 Å². The fourth-order valence-electron chi connectivity index (χ4n) is 4.96. The van der Waals surface area contributed by atoms with Crippen molar-refractivity contribution >= 4 is 5.97 Å². The summed E-state index contributed by atoms with van der Waals surface area (Å²) in [6, 6.07) is 8.72. The quantitative estimate of drug-likeness (QED) is 0.434. The lowest BCUT2D eigenvalue weighted by molar-refractivity contribution is -0.150. The van der Waals surface area contributed by atoms with Crippen molar-refractivity contribution in [2.75, 3.05) is 6.61 Å². The molecule has 0 atom stereocenters. The Morgan fingerprint density at radius 2 is 1.59 bits per heavy atom. The molecule has 1 aromatic carbocycles. The lowest BCUT2D eigenvalue weighted by Crippen LogP contribution is -2.29. The second-order valence-electron chi connectivity index (χ2n) is 8.13. The molecule has 2 aliphatic carbocycles. The summed E-state index contributed by atoms with van der Waals surface area (Å²) in [5, 5.41) is 0. The summed E-state index contributed by atoms with van der Waals surface area (Å²) in [4.78, 5) is 11.6. The first-order chi connectivity index (χ1) is 13.2. The summed E-state index contributed by atoms with van der Waals surface area (Å²) in [6.45, 7) is 6.34. The van der Waals surface area contributed by atoms with Crippen LogP contribution in [0.4, 0.5) is 0 Å². The van der Waals surface area contributed by atoms with E-state index in [1.165, 1.54) is 44.1 Å². The van der Waals surface area contributed by atoms with Gasteiger partial charge in [-0.3, -0.25) is 4.79 Å². The fraction of sp³-hybridized carbons (Fsp3) is 0.625. The van der Waals surface area contributed by atoms with Crippen molar-refractivity contribution in [1.29, 1.82) is 0 Å². The number of benzene rings is 1. The van der Waals surface area contributed by atoms with E-state index >= 15 is 0 Å². The Morgan fingerprint density at radius 3 is 2.15 bits per heavy atom. The Bertz CT molecular complexity index is 591. The molecule has 148 valence electrons. The van der Waals surface area contributed by atoms with E-state index in [2.05, 4.69) is 30.8 Å². The Balaban J connectivity index is 1.42. The fourth-order valence-corrected chi connectivity index (χ4v) is 4.96. The molecule has 0 aromatic heterocycles. The first kappa shape index (κ1) is 20.0. The first-order valence-corrected chi connectivity index (χ1v) is 10.7. The molecule has 2 aliphatic rings. The van der Waals surface area contributed by atoms with Crippen molar-refractivity contribution in [2.24, 2.45) is 11.8 Å². The van der Waals surface area contributed by atoms with Crippen molar-refractivity contribution in [3.63, 3.8) is 0 Å². The van der Waals surface area contributed by atoms with E-state index in [0.29, 0.717) is 12.3 Å². The van der Waals surface area contributed by atoms with Gasteiger partial charge in [0.25, 0.3) is 0 Å². The van der Waals surface area contributed by atoms with Crippen molar-refractivity contribution in [2.45, 2.75) is 76.7 Å². The van der Waals surface area contributed by atoms with Gasteiger partial charge in [-0.25, -0.2) is 0 Å². The SMILES string of the molecule is C=CCC(=O)OC1CCC(C2CCC(c3ccc(OCC)cc3)CC2)CC1. The van der Waals surface area contributed by atoms with Gasteiger partial charge in [-0.2, -0.15) is 0 Å². The molecule has 0 amide bonds. The van der Waals surface area contributed by atoms with Crippen LogP contribution in [0.2, 0.25) is 0 Å². The number of hydrogen-bond donors (Lipinski definition) is 0. The monoisotopic (exact) mass is 370 g/mol. The van der Waals surface area contributed by atoms with E-state index in [0.717, 1.165) is 37.0 Å². The zero-order valence-electron chi connectivity index (χ0n) is 16.7. The number of carbonyl (C=O) groups is 1. The van der Waals surface area contributed by atoms with Crippen molar-refractivity contribution in [3.8, 4) is 5.75 Å². The van der Waals surface area contributed by atoms with Crippen LogP contribution in [0.25, 0.3) is 0 Å². The molecule has 0 N–H and O–H groups in total. The Labute approximate surface area is 164 Å². The van der Waals surface area contributed by atoms with Gasteiger partial charge in [0.15, 0.2) is 0 Å². The van der Waals surface area contributed by atoms with Gasteiger partial charge in [0.2, 0.25) is 0 Å². The molecular weight excluding hydrogens is 336 g/mol. The molecule has 0 bridgehead atoms. The highest BCUT2D eigenvalue weighted by Gasteiger charge is 2.32. The number of carbonyl (C=O) groups excluding carboxylic acids is 1. The number of hydrogen-bond acceptors (Lipinski definition) is 3. The standard InChI is InChI=1S/C24H34O3/c1-3-5-24(25)27-23-16-12-21(13-17-23)19-8-6-18(7-9-19)20-10-14-22(15-11-20)26-4-2/h3,10-11,14-15,18-19,21,23H,1,4-9,12-13,16-17H2,2H3. The second-order valence-corrected chi connectivity index (χ2v) is 8.13. The maximum Gasteiger partial charge on any atom is 0.309 e. The summed E-state index contributed by atoms with van der Waals surface area (Å²) in [5.41, 5.74) is 1.47. The minimum absolute atomic E-state index is 0.121. The predicted molar refractivity (Wildman–Crippen MR) is 109 cm³/mol. The summed E-state index contributed by atoms with van der Waals surface area (Å²) >= 11 is 0. The van der Waals surface area contributed by atoms with E-state index in [9.17, 15) is 4.79 Å². The Morgan fingerprint density at radius 1 is 1.00 bits per heavy atom. The summed E-state index contributed by atoms with van der Waals surface area (Å²) in [7, 11) is 0. The summed E-state index contributed by atoms with van der Waals surface area (Å²) < 4.78 is 11.1. The maximum absolute atomic E-state index is 11.6. The zero-order chi connectivity index (χ0) is 19.1. The minimum atomic E-state index is -0.121. The smallest absolute Gasteiger partial charge is 0.309 e. The third-order valence-electron chi connectivity index (χ3n) is 6.43. The number of ether oxygens (including phenoxy) is 2. The maximum atomic E-state index is 11.6. The highest BCUT2D eigenvalue weighted by Crippen LogP contribution is 2.43. The molecule has 2 saturated carbocycles. The molecule has 3 rings (SSSR count). The van der Waals surface area contributed by atoms with Gasteiger partial charge in [-0.1, -0.05) is 18.2 Å². The molecule has 0 saturated heterocycles. The molecule has 3 heteroatoms. The van der Waals surface area contributed by atoms with E-state index in [1.807, 2.05) is 6.92 Å². The van der Waals surface area contributed by atoms with Crippen molar-refractivity contribution in [3.05, 3.63) is 42.5 Å². The molecule has 0 aliphatic heterocycles. The van der Waals surface area contributed by atoms with Crippen LogP contribution in [-0.4, -0.2) is 18.7 Å². The van der Waals surface area contributed by atoms with Gasteiger partial charge in [0.05, 0.1) is 13.0 Å². The lowest BCUT2D eigenvalue weighted by Gasteiger charge is -2.37. The number of rotatable bonds is 7. The van der Waals surface area contributed by atoms with E-state index in [1.54, 1.807) is 6.08 Å². The van der Waals surface area contributed by atoms with Crippen LogP contribution in [0.3, 0.4) is 0 Å². The molecule has 0 unspecified atom stereocenters. The van der Waals surface area contributed by atoms with Crippen LogP contribution in [0.1, 0.15) is 76.2 Å². The number of esters is 1. The highest BCUT2D eigenvalue weighted by molar-refractivity contribution is 5.71. The highest BCUT2D eigenvalue weighted by atomic mass is 16.5. The van der Waals surface area contributed by atoms with E-state index in [-0.39, 0.29) is 12.1 Å². The topological polar surface area (TPSA) is 35.5 Å². The molecule has 2 fully saturated rings. The van der Waals surface area contributed by atoms with Crippen LogP contribution in [0.15, 0.2) is 36.9 Å². The third kappa shape index (κ3) is 5.60. The van der Waals surface area contributed by atoms with Gasteiger partial charge in [0.1, 0.15) is 11.9 Å². The summed E-state index contributed by atoms with van der Waals surface area (Å²) in [6.07, 6.45) is 11.8. The molecule has 1 aromatic rings. The van der Waals surface area contributed by atoms with Crippen LogP contribution >= 0.6 is 0 Å². The summed E-state index contributed by atoms with van der Waals surface area (Å²) in [5.74, 6) is 3.23. The van der Waals surface area contributed by atoms with Gasteiger partial charge in [0, 0.05) is 0 Å². The molecule has 3 nitrogen and oxygen atoms in total. The minimum Gasteiger partial charge on any atom is -0.494 e. The van der Waals surface area contributed by atoms with Gasteiger partial charge in [-0.15, -0.1) is 6.58 Å². The normalized spacial score (nSPS) is 28.3. The third-order valence-corrected chi connectivity index (χ3v) is 6.43.